The second kappa shape index (κ2) is 4.58. The van der Waals surface area contributed by atoms with Crippen molar-refractivity contribution in [3.63, 3.8) is 0 Å². The topological polar surface area (TPSA) is 49.6 Å². The fourth-order valence-electron chi connectivity index (χ4n) is 1.78. The number of hydrogen-bond donors (Lipinski definition) is 1. The Morgan fingerprint density at radius 1 is 1.54 bits per heavy atom. The summed E-state index contributed by atoms with van der Waals surface area (Å²) in [6.07, 6.45) is 0. The van der Waals surface area contributed by atoms with Gasteiger partial charge >= 0.3 is 0 Å². The van der Waals surface area contributed by atoms with Crippen molar-refractivity contribution in [3.8, 4) is 0 Å². The van der Waals surface area contributed by atoms with Crippen molar-refractivity contribution >= 4 is 5.91 Å². The lowest BCUT2D eigenvalue weighted by Gasteiger charge is -2.39. The van der Waals surface area contributed by atoms with Crippen LogP contribution in [0.4, 0.5) is 0 Å². The number of carbonyl (C=O) groups excluding carboxylic acids is 1. The van der Waals surface area contributed by atoms with Gasteiger partial charge in [-0.15, -0.1) is 0 Å². The molecule has 1 fully saturated rings. The van der Waals surface area contributed by atoms with Gasteiger partial charge < -0.3 is 10.6 Å². The summed E-state index contributed by atoms with van der Waals surface area (Å²) in [7, 11) is 0. The molecule has 0 aromatic carbocycles. The number of nitrogens with two attached hydrogens (primary N) is 1. The molecule has 2 N–H and O–H groups in total. The van der Waals surface area contributed by atoms with Crippen LogP contribution in [0.15, 0.2) is 0 Å². The van der Waals surface area contributed by atoms with Gasteiger partial charge in [0.1, 0.15) is 0 Å². The predicted molar refractivity (Wildman–Crippen MR) is 52.3 cm³/mol. The average Bonchev–Trinajstić information content (AvgIpc) is 2.08. The summed E-state index contributed by atoms with van der Waals surface area (Å²) in [5, 5.41) is 0. The molecule has 13 heavy (non-hydrogen) atoms. The molecule has 0 aromatic heterocycles. The van der Waals surface area contributed by atoms with E-state index in [2.05, 4.69) is 11.8 Å². The number of hydrogen-bond acceptors (Lipinski definition) is 3. The molecule has 1 atom stereocenters. The third kappa shape index (κ3) is 2.67. The fourth-order valence-corrected chi connectivity index (χ4v) is 1.78. The quantitative estimate of drug-likeness (QED) is 0.631. The van der Waals surface area contributed by atoms with Gasteiger partial charge in [0, 0.05) is 45.7 Å². The van der Waals surface area contributed by atoms with Crippen molar-refractivity contribution in [1.29, 1.82) is 0 Å². The summed E-state index contributed by atoms with van der Waals surface area (Å²) in [6.45, 7) is 8.06. The second-order valence-corrected chi connectivity index (χ2v) is 3.64. The summed E-state index contributed by atoms with van der Waals surface area (Å²) >= 11 is 0. The van der Waals surface area contributed by atoms with E-state index >= 15 is 0 Å². The molecule has 1 rings (SSSR count). The summed E-state index contributed by atoms with van der Waals surface area (Å²) in [5.41, 5.74) is 5.49. The maximum atomic E-state index is 11.1. The zero-order valence-corrected chi connectivity index (χ0v) is 8.49. The molecule has 0 spiro atoms. The molecule has 0 radical (unpaired) electrons. The third-order valence-electron chi connectivity index (χ3n) is 2.63. The first-order valence-electron chi connectivity index (χ1n) is 4.84. The van der Waals surface area contributed by atoms with Crippen LogP contribution in [0.25, 0.3) is 0 Å². The van der Waals surface area contributed by atoms with Gasteiger partial charge in [-0.25, -0.2) is 0 Å². The van der Waals surface area contributed by atoms with Crippen molar-refractivity contribution in [2.45, 2.75) is 19.9 Å². The maximum absolute atomic E-state index is 11.1. The molecule has 0 bridgehead atoms. The lowest BCUT2D eigenvalue weighted by Crippen LogP contribution is -2.54. The average molecular weight is 185 g/mol. The Hall–Kier alpha value is -0.610. The van der Waals surface area contributed by atoms with Crippen molar-refractivity contribution in [1.82, 2.24) is 9.80 Å². The summed E-state index contributed by atoms with van der Waals surface area (Å²) in [4.78, 5) is 15.3. The zero-order valence-electron chi connectivity index (χ0n) is 8.49. The van der Waals surface area contributed by atoms with Gasteiger partial charge in [-0.2, -0.15) is 0 Å². The van der Waals surface area contributed by atoms with E-state index in [-0.39, 0.29) is 5.91 Å². The molecule has 1 saturated heterocycles. The first-order valence-corrected chi connectivity index (χ1v) is 4.84. The van der Waals surface area contributed by atoms with Crippen LogP contribution in [0.3, 0.4) is 0 Å². The molecular weight excluding hydrogens is 166 g/mol. The van der Waals surface area contributed by atoms with Gasteiger partial charge in [-0.1, -0.05) is 0 Å². The molecule has 1 aliphatic heterocycles. The Bertz CT molecular complexity index is 184. The van der Waals surface area contributed by atoms with Gasteiger partial charge in [0.25, 0.3) is 0 Å². The largest absolute Gasteiger partial charge is 0.340 e. The first kappa shape index (κ1) is 10.5. The Balaban J connectivity index is 2.41. The molecule has 0 saturated carbocycles. The highest BCUT2D eigenvalue weighted by Gasteiger charge is 2.23. The van der Waals surface area contributed by atoms with E-state index in [9.17, 15) is 4.79 Å². The van der Waals surface area contributed by atoms with E-state index in [1.165, 1.54) is 0 Å². The number of carbonyl (C=O) groups is 1. The van der Waals surface area contributed by atoms with Crippen LogP contribution in [0.2, 0.25) is 0 Å². The van der Waals surface area contributed by atoms with E-state index in [0.717, 1.165) is 26.2 Å². The van der Waals surface area contributed by atoms with E-state index in [0.29, 0.717) is 12.6 Å². The predicted octanol–water partition coefficient (Wildman–Crippen LogP) is -0.502. The summed E-state index contributed by atoms with van der Waals surface area (Å²) in [5.74, 6) is 0.180. The molecular formula is C9H19N3O. The van der Waals surface area contributed by atoms with E-state index in [4.69, 9.17) is 5.73 Å². The normalized spacial score (nSPS) is 24.8. The highest BCUT2D eigenvalue weighted by Crippen LogP contribution is 2.08. The Labute approximate surface area is 79.7 Å². The molecule has 0 unspecified atom stereocenters. The van der Waals surface area contributed by atoms with Gasteiger partial charge in [0.05, 0.1) is 0 Å². The zero-order chi connectivity index (χ0) is 9.84. The van der Waals surface area contributed by atoms with Gasteiger partial charge in [0.15, 0.2) is 0 Å². The molecule has 4 nitrogen and oxygen atoms in total. The van der Waals surface area contributed by atoms with Crippen molar-refractivity contribution < 1.29 is 4.79 Å². The highest BCUT2D eigenvalue weighted by atomic mass is 16.2. The van der Waals surface area contributed by atoms with Gasteiger partial charge in [-0.05, 0) is 6.92 Å². The fraction of sp³-hybridized carbons (Fsp3) is 0.889. The Morgan fingerprint density at radius 3 is 2.69 bits per heavy atom. The monoisotopic (exact) mass is 185 g/mol. The number of piperazine rings is 1. The minimum atomic E-state index is 0.180. The highest BCUT2D eigenvalue weighted by molar-refractivity contribution is 5.73. The SMILES string of the molecule is CC(=O)N1CCN(CCN)[C@@H](C)C1. The lowest BCUT2D eigenvalue weighted by atomic mass is 10.2. The maximum Gasteiger partial charge on any atom is 0.219 e. The minimum absolute atomic E-state index is 0.180. The standard InChI is InChI=1S/C9H19N3O/c1-8-7-12(9(2)13)6-5-11(8)4-3-10/h8H,3-7,10H2,1-2H3/t8-/m0/s1. The third-order valence-corrected chi connectivity index (χ3v) is 2.63. The van der Waals surface area contributed by atoms with Crippen molar-refractivity contribution in [2.75, 3.05) is 32.7 Å². The second-order valence-electron chi connectivity index (χ2n) is 3.64. The molecule has 0 aliphatic carbocycles. The Morgan fingerprint density at radius 2 is 2.23 bits per heavy atom. The smallest absolute Gasteiger partial charge is 0.219 e. The minimum Gasteiger partial charge on any atom is -0.340 e. The van der Waals surface area contributed by atoms with Crippen LogP contribution in [0.1, 0.15) is 13.8 Å². The molecule has 1 amide bonds. The van der Waals surface area contributed by atoms with E-state index < -0.39 is 0 Å². The van der Waals surface area contributed by atoms with Crippen LogP contribution in [-0.2, 0) is 4.79 Å². The summed E-state index contributed by atoms with van der Waals surface area (Å²) in [6, 6.07) is 0.446. The summed E-state index contributed by atoms with van der Waals surface area (Å²) < 4.78 is 0. The molecule has 1 aliphatic rings. The number of nitrogens with zero attached hydrogens (tertiary/aromatic N) is 2. The Kier molecular flexibility index (Phi) is 3.69. The lowest BCUT2D eigenvalue weighted by molar-refractivity contribution is -0.131. The van der Waals surface area contributed by atoms with Crippen LogP contribution in [-0.4, -0.2) is 54.5 Å². The van der Waals surface area contributed by atoms with Crippen LogP contribution >= 0.6 is 0 Å². The first-order chi connectivity index (χ1) is 6.15. The number of amides is 1. The van der Waals surface area contributed by atoms with Crippen LogP contribution < -0.4 is 5.73 Å². The molecule has 1 heterocycles. The molecule has 4 heteroatoms. The van der Waals surface area contributed by atoms with Crippen molar-refractivity contribution in [2.24, 2.45) is 5.73 Å². The van der Waals surface area contributed by atoms with Crippen LogP contribution in [0.5, 0.6) is 0 Å². The van der Waals surface area contributed by atoms with E-state index in [1.54, 1.807) is 6.92 Å². The van der Waals surface area contributed by atoms with Gasteiger partial charge in [-0.3, -0.25) is 9.69 Å². The molecule has 76 valence electrons. The van der Waals surface area contributed by atoms with E-state index in [1.807, 2.05) is 4.90 Å². The van der Waals surface area contributed by atoms with Gasteiger partial charge in [0.2, 0.25) is 5.91 Å². The number of rotatable bonds is 2. The van der Waals surface area contributed by atoms with Crippen LogP contribution in [0, 0.1) is 0 Å². The van der Waals surface area contributed by atoms with Crippen molar-refractivity contribution in [3.05, 3.63) is 0 Å². The molecule has 0 aromatic rings.